The van der Waals surface area contributed by atoms with Crippen molar-refractivity contribution in [3.05, 3.63) is 0 Å². The van der Waals surface area contributed by atoms with Crippen LogP contribution >= 0.6 is 0 Å². The highest BCUT2D eigenvalue weighted by atomic mass is 16.3. The van der Waals surface area contributed by atoms with Crippen molar-refractivity contribution in [3.8, 4) is 0 Å². The zero-order valence-corrected chi connectivity index (χ0v) is 9.87. The van der Waals surface area contributed by atoms with Crippen LogP contribution in [0, 0.1) is 11.8 Å². The van der Waals surface area contributed by atoms with Gasteiger partial charge in [-0.15, -0.1) is 0 Å². The van der Waals surface area contributed by atoms with Gasteiger partial charge in [-0.05, 0) is 24.7 Å². The SMILES string of the molecule is CCCCCC(C(C)C)C(O)CCO. The van der Waals surface area contributed by atoms with Crippen LogP contribution in [0.1, 0.15) is 52.9 Å². The number of aliphatic hydroxyl groups is 2. The molecule has 2 unspecified atom stereocenters. The molecule has 2 nitrogen and oxygen atoms in total. The molecule has 0 aromatic carbocycles. The molecule has 0 saturated heterocycles. The number of aliphatic hydroxyl groups excluding tert-OH is 2. The summed E-state index contributed by atoms with van der Waals surface area (Å²) >= 11 is 0. The van der Waals surface area contributed by atoms with Crippen molar-refractivity contribution in [2.45, 2.75) is 59.0 Å². The zero-order chi connectivity index (χ0) is 11.0. The molecule has 0 spiro atoms. The molecule has 0 rings (SSSR count). The van der Waals surface area contributed by atoms with Crippen LogP contribution in [-0.2, 0) is 0 Å². The summed E-state index contributed by atoms with van der Waals surface area (Å²) in [6.07, 6.45) is 4.95. The van der Waals surface area contributed by atoms with E-state index in [1.165, 1.54) is 19.3 Å². The summed E-state index contributed by atoms with van der Waals surface area (Å²) in [6, 6.07) is 0. The van der Waals surface area contributed by atoms with Gasteiger partial charge in [-0.3, -0.25) is 0 Å². The largest absolute Gasteiger partial charge is 0.396 e. The molecule has 0 heterocycles. The molecule has 0 amide bonds. The van der Waals surface area contributed by atoms with Crippen molar-refractivity contribution in [2.24, 2.45) is 11.8 Å². The highest BCUT2D eigenvalue weighted by Gasteiger charge is 2.21. The lowest BCUT2D eigenvalue weighted by atomic mass is 9.84. The third-order valence-electron chi connectivity index (χ3n) is 2.92. The van der Waals surface area contributed by atoms with E-state index in [1.807, 2.05) is 0 Å². The van der Waals surface area contributed by atoms with Gasteiger partial charge >= 0.3 is 0 Å². The monoisotopic (exact) mass is 202 g/mol. The van der Waals surface area contributed by atoms with Gasteiger partial charge in [0.2, 0.25) is 0 Å². The Morgan fingerprint density at radius 2 is 1.71 bits per heavy atom. The van der Waals surface area contributed by atoms with Gasteiger partial charge in [0.1, 0.15) is 0 Å². The second-order valence-corrected chi connectivity index (χ2v) is 4.48. The topological polar surface area (TPSA) is 40.5 Å². The third-order valence-corrected chi connectivity index (χ3v) is 2.92. The van der Waals surface area contributed by atoms with Gasteiger partial charge in [-0.25, -0.2) is 0 Å². The average Bonchev–Trinajstić information content (AvgIpc) is 2.12. The van der Waals surface area contributed by atoms with E-state index < -0.39 is 0 Å². The first kappa shape index (κ1) is 13.9. The highest BCUT2D eigenvalue weighted by molar-refractivity contribution is 4.71. The maximum absolute atomic E-state index is 9.82. The molecule has 0 saturated carbocycles. The summed E-state index contributed by atoms with van der Waals surface area (Å²) in [5.74, 6) is 0.863. The minimum Gasteiger partial charge on any atom is -0.396 e. The summed E-state index contributed by atoms with van der Waals surface area (Å²) in [5, 5.41) is 18.6. The van der Waals surface area contributed by atoms with Crippen LogP contribution in [0.25, 0.3) is 0 Å². The first-order chi connectivity index (χ1) is 6.63. The Morgan fingerprint density at radius 1 is 1.07 bits per heavy atom. The smallest absolute Gasteiger partial charge is 0.0592 e. The van der Waals surface area contributed by atoms with Crippen LogP contribution in [-0.4, -0.2) is 22.9 Å². The normalized spacial score (nSPS) is 15.9. The Hall–Kier alpha value is -0.0800. The summed E-state index contributed by atoms with van der Waals surface area (Å²) < 4.78 is 0. The molecule has 0 aromatic heterocycles. The maximum atomic E-state index is 9.82. The summed E-state index contributed by atoms with van der Waals surface area (Å²) in [7, 11) is 0. The van der Waals surface area contributed by atoms with Gasteiger partial charge in [0.25, 0.3) is 0 Å². The molecule has 2 atom stereocenters. The highest BCUT2D eigenvalue weighted by Crippen LogP contribution is 2.24. The van der Waals surface area contributed by atoms with Gasteiger partial charge in [0, 0.05) is 6.61 Å². The van der Waals surface area contributed by atoms with E-state index in [0.29, 0.717) is 18.3 Å². The molecule has 0 aromatic rings. The molecule has 0 aliphatic rings. The van der Waals surface area contributed by atoms with Crippen LogP contribution < -0.4 is 0 Å². The fourth-order valence-corrected chi connectivity index (χ4v) is 1.95. The Labute approximate surface area is 88.3 Å². The first-order valence-electron chi connectivity index (χ1n) is 5.92. The maximum Gasteiger partial charge on any atom is 0.0592 e. The van der Waals surface area contributed by atoms with Crippen molar-refractivity contribution in [1.29, 1.82) is 0 Å². The van der Waals surface area contributed by atoms with Gasteiger partial charge in [-0.2, -0.15) is 0 Å². The van der Waals surface area contributed by atoms with Crippen molar-refractivity contribution >= 4 is 0 Å². The molecule has 0 aliphatic carbocycles. The van der Waals surface area contributed by atoms with E-state index in [2.05, 4.69) is 20.8 Å². The molecule has 0 fully saturated rings. The van der Waals surface area contributed by atoms with Crippen molar-refractivity contribution in [3.63, 3.8) is 0 Å². The Kier molecular flexibility index (Phi) is 8.20. The Bertz CT molecular complexity index is 123. The van der Waals surface area contributed by atoms with E-state index in [1.54, 1.807) is 0 Å². The van der Waals surface area contributed by atoms with E-state index in [-0.39, 0.29) is 12.7 Å². The lowest BCUT2D eigenvalue weighted by Crippen LogP contribution is -2.26. The summed E-state index contributed by atoms with van der Waals surface area (Å²) in [5.41, 5.74) is 0. The van der Waals surface area contributed by atoms with Crippen molar-refractivity contribution in [1.82, 2.24) is 0 Å². The lowest BCUT2D eigenvalue weighted by molar-refractivity contribution is 0.0516. The molecular formula is C12H26O2. The summed E-state index contributed by atoms with van der Waals surface area (Å²) in [4.78, 5) is 0. The average molecular weight is 202 g/mol. The van der Waals surface area contributed by atoms with Crippen molar-refractivity contribution in [2.75, 3.05) is 6.61 Å². The second kappa shape index (κ2) is 8.25. The molecule has 0 radical (unpaired) electrons. The van der Waals surface area contributed by atoms with Crippen molar-refractivity contribution < 1.29 is 10.2 Å². The lowest BCUT2D eigenvalue weighted by Gasteiger charge is -2.26. The standard InChI is InChI=1S/C12H26O2/c1-4-5-6-7-11(10(2)3)12(14)8-9-13/h10-14H,4-9H2,1-3H3. The van der Waals surface area contributed by atoms with Gasteiger partial charge in [-0.1, -0.05) is 40.0 Å². The van der Waals surface area contributed by atoms with Gasteiger partial charge < -0.3 is 10.2 Å². The molecule has 2 N–H and O–H groups in total. The van der Waals surface area contributed by atoms with Gasteiger partial charge in [0.15, 0.2) is 0 Å². The minimum atomic E-state index is -0.322. The van der Waals surface area contributed by atoms with Crippen LogP contribution in [0.5, 0.6) is 0 Å². The first-order valence-corrected chi connectivity index (χ1v) is 5.92. The third kappa shape index (κ3) is 5.61. The Morgan fingerprint density at radius 3 is 2.14 bits per heavy atom. The molecule has 0 bridgehead atoms. The number of hydrogen-bond donors (Lipinski definition) is 2. The minimum absolute atomic E-state index is 0.0954. The van der Waals surface area contributed by atoms with Crippen LogP contribution in [0.4, 0.5) is 0 Å². The molecule has 14 heavy (non-hydrogen) atoms. The second-order valence-electron chi connectivity index (χ2n) is 4.48. The molecule has 86 valence electrons. The van der Waals surface area contributed by atoms with E-state index in [0.717, 1.165) is 6.42 Å². The molecule has 2 heteroatoms. The van der Waals surface area contributed by atoms with Crippen LogP contribution in [0.3, 0.4) is 0 Å². The fraction of sp³-hybridized carbons (Fsp3) is 1.00. The number of unbranched alkanes of at least 4 members (excludes halogenated alkanes) is 2. The number of rotatable bonds is 8. The van der Waals surface area contributed by atoms with Gasteiger partial charge in [0.05, 0.1) is 6.10 Å². The predicted octanol–water partition coefficient (Wildman–Crippen LogP) is 2.58. The van der Waals surface area contributed by atoms with E-state index >= 15 is 0 Å². The molecular weight excluding hydrogens is 176 g/mol. The molecule has 0 aliphatic heterocycles. The fourth-order valence-electron chi connectivity index (χ4n) is 1.95. The van der Waals surface area contributed by atoms with E-state index in [4.69, 9.17) is 5.11 Å². The number of hydrogen-bond acceptors (Lipinski definition) is 2. The predicted molar refractivity (Wildman–Crippen MR) is 60.2 cm³/mol. The summed E-state index contributed by atoms with van der Waals surface area (Å²) in [6.45, 7) is 6.58. The van der Waals surface area contributed by atoms with Crippen LogP contribution in [0.15, 0.2) is 0 Å². The quantitative estimate of drug-likeness (QED) is 0.594. The van der Waals surface area contributed by atoms with E-state index in [9.17, 15) is 5.11 Å². The Balaban J connectivity index is 3.88. The zero-order valence-electron chi connectivity index (χ0n) is 9.87. The van der Waals surface area contributed by atoms with Crippen LogP contribution in [0.2, 0.25) is 0 Å².